The monoisotopic (exact) mass is 386 g/mol. The molecule has 0 spiro atoms. The number of carbonyl (C=O) groups is 1. The number of amides is 1. The van der Waals surface area contributed by atoms with E-state index in [9.17, 15) is 4.79 Å². The van der Waals surface area contributed by atoms with Crippen molar-refractivity contribution in [1.82, 2.24) is 9.97 Å². The summed E-state index contributed by atoms with van der Waals surface area (Å²) in [4.78, 5) is 20.7. The van der Waals surface area contributed by atoms with Gasteiger partial charge in [-0.05, 0) is 49.2 Å². The van der Waals surface area contributed by atoms with Crippen molar-refractivity contribution < 1.29 is 4.79 Å². The fraction of sp³-hybridized carbons (Fsp3) is 0.105. The number of hydrogen-bond acceptors (Lipinski definition) is 4. The highest BCUT2D eigenvalue weighted by Gasteiger charge is 2.10. The van der Waals surface area contributed by atoms with Gasteiger partial charge in [0, 0.05) is 33.8 Å². The van der Waals surface area contributed by atoms with Crippen LogP contribution in [0.2, 0.25) is 10.0 Å². The van der Waals surface area contributed by atoms with E-state index in [0.29, 0.717) is 27.2 Å². The van der Waals surface area contributed by atoms with Gasteiger partial charge in [0.05, 0.1) is 5.56 Å². The van der Waals surface area contributed by atoms with E-state index in [4.69, 9.17) is 23.2 Å². The zero-order valence-corrected chi connectivity index (χ0v) is 15.7. The van der Waals surface area contributed by atoms with Crippen LogP contribution in [0.3, 0.4) is 0 Å². The number of aromatic nitrogens is 2. The third-order valence-corrected chi connectivity index (χ3v) is 4.11. The van der Waals surface area contributed by atoms with Gasteiger partial charge in [0.2, 0.25) is 5.95 Å². The second kappa shape index (κ2) is 7.72. The van der Waals surface area contributed by atoms with Crippen LogP contribution in [0.5, 0.6) is 0 Å². The molecule has 0 aliphatic carbocycles. The van der Waals surface area contributed by atoms with E-state index in [-0.39, 0.29) is 5.91 Å². The van der Waals surface area contributed by atoms with Gasteiger partial charge in [-0.25, -0.2) is 9.97 Å². The fourth-order valence-electron chi connectivity index (χ4n) is 2.33. The maximum Gasteiger partial charge on any atom is 0.258 e. The average molecular weight is 387 g/mol. The molecule has 3 rings (SSSR count). The molecule has 132 valence electrons. The highest BCUT2D eigenvalue weighted by molar-refractivity contribution is 6.35. The molecule has 0 atom stereocenters. The van der Waals surface area contributed by atoms with Crippen molar-refractivity contribution in [3.63, 3.8) is 0 Å². The van der Waals surface area contributed by atoms with Gasteiger partial charge in [-0.2, -0.15) is 0 Å². The minimum atomic E-state index is -0.268. The van der Waals surface area contributed by atoms with Crippen molar-refractivity contribution in [2.45, 2.75) is 13.8 Å². The van der Waals surface area contributed by atoms with Crippen molar-refractivity contribution in [2.75, 3.05) is 10.6 Å². The van der Waals surface area contributed by atoms with Crippen LogP contribution in [0.25, 0.3) is 0 Å². The summed E-state index contributed by atoms with van der Waals surface area (Å²) < 4.78 is 0. The van der Waals surface area contributed by atoms with Gasteiger partial charge >= 0.3 is 0 Å². The Morgan fingerprint density at radius 2 is 1.62 bits per heavy atom. The van der Waals surface area contributed by atoms with Crippen LogP contribution in [0.15, 0.2) is 48.8 Å². The van der Waals surface area contributed by atoms with E-state index in [1.165, 1.54) is 12.4 Å². The summed E-state index contributed by atoms with van der Waals surface area (Å²) in [6.45, 7) is 3.91. The molecule has 2 N–H and O–H groups in total. The first-order valence-corrected chi connectivity index (χ1v) is 8.60. The Morgan fingerprint density at radius 1 is 0.962 bits per heavy atom. The lowest BCUT2D eigenvalue weighted by atomic mass is 10.1. The second-order valence-electron chi connectivity index (χ2n) is 5.85. The van der Waals surface area contributed by atoms with Crippen molar-refractivity contribution in [2.24, 2.45) is 0 Å². The maximum absolute atomic E-state index is 12.4. The Hall–Kier alpha value is -2.63. The van der Waals surface area contributed by atoms with Crippen LogP contribution in [0, 0.1) is 13.8 Å². The Kier molecular flexibility index (Phi) is 5.40. The molecule has 3 aromatic rings. The van der Waals surface area contributed by atoms with E-state index in [2.05, 4.69) is 20.6 Å². The Bertz CT molecular complexity index is 938. The summed E-state index contributed by atoms with van der Waals surface area (Å²) in [6, 6.07) is 10.9. The quantitative estimate of drug-likeness (QED) is 0.629. The van der Waals surface area contributed by atoms with Gasteiger partial charge in [0.15, 0.2) is 0 Å². The Balaban J connectivity index is 1.72. The van der Waals surface area contributed by atoms with Crippen LogP contribution in [-0.4, -0.2) is 15.9 Å². The highest BCUT2D eigenvalue weighted by atomic mass is 35.5. The molecule has 0 saturated heterocycles. The molecule has 0 aliphatic heterocycles. The normalized spacial score (nSPS) is 10.5. The largest absolute Gasteiger partial charge is 0.324 e. The summed E-state index contributed by atoms with van der Waals surface area (Å²) in [5, 5.41) is 6.88. The number of hydrogen-bond donors (Lipinski definition) is 2. The highest BCUT2D eigenvalue weighted by Crippen LogP contribution is 2.24. The zero-order chi connectivity index (χ0) is 18.7. The van der Waals surface area contributed by atoms with Crippen molar-refractivity contribution in [1.29, 1.82) is 0 Å². The Morgan fingerprint density at radius 3 is 2.27 bits per heavy atom. The molecule has 5 nitrogen and oxygen atoms in total. The zero-order valence-electron chi connectivity index (χ0n) is 14.2. The number of nitrogens with one attached hydrogen (secondary N) is 2. The third-order valence-electron chi connectivity index (χ3n) is 3.67. The topological polar surface area (TPSA) is 66.9 Å². The first-order valence-electron chi connectivity index (χ1n) is 7.84. The molecule has 2 aromatic carbocycles. The minimum Gasteiger partial charge on any atom is -0.324 e. The standard InChI is InChI=1S/C19H16Cl2N4O/c1-11-3-4-12(2)17(5-11)25-18(26)13-9-22-19(23-10-13)24-16-7-14(20)6-15(21)8-16/h3-10H,1-2H3,(H,25,26)(H,22,23,24). The SMILES string of the molecule is Cc1ccc(C)c(NC(=O)c2cnc(Nc3cc(Cl)cc(Cl)c3)nc2)c1. The van der Waals surface area contributed by atoms with E-state index in [1.54, 1.807) is 18.2 Å². The van der Waals surface area contributed by atoms with Gasteiger partial charge in [-0.1, -0.05) is 35.3 Å². The number of anilines is 3. The molecule has 7 heteroatoms. The lowest BCUT2D eigenvalue weighted by molar-refractivity contribution is 0.102. The van der Waals surface area contributed by atoms with Crippen LogP contribution in [0.1, 0.15) is 21.5 Å². The number of halogens is 2. The first kappa shape index (κ1) is 18.2. The van der Waals surface area contributed by atoms with Gasteiger partial charge in [0.25, 0.3) is 5.91 Å². The van der Waals surface area contributed by atoms with Gasteiger partial charge in [-0.3, -0.25) is 4.79 Å². The lowest BCUT2D eigenvalue weighted by Crippen LogP contribution is -2.14. The molecule has 0 unspecified atom stereocenters. The summed E-state index contributed by atoms with van der Waals surface area (Å²) in [5.74, 6) is 0.0719. The molecule has 0 fully saturated rings. The molecule has 1 heterocycles. The van der Waals surface area contributed by atoms with Crippen LogP contribution in [0.4, 0.5) is 17.3 Å². The molecule has 0 saturated carbocycles. The number of aryl methyl sites for hydroxylation is 2. The number of nitrogens with zero attached hydrogens (tertiary/aromatic N) is 2. The van der Waals surface area contributed by atoms with E-state index >= 15 is 0 Å². The summed E-state index contributed by atoms with van der Waals surface area (Å²) in [7, 11) is 0. The van der Waals surface area contributed by atoms with Crippen LogP contribution < -0.4 is 10.6 Å². The third kappa shape index (κ3) is 4.50. The summed E-state index contributed by atoms with van der Waals surface area (Å²) in [5.41, 5.74) is 3.85. The summed E-state index contributed by atoms with van der Waals surface area (Å²) in [6.07, 6.45) is 2.92. The van der Waals surface area contributed by atoms with Gasteiger partial charge < -0.3 is 10.6 Å². The molecular formula is C19H16Cl2N4O. The van der Waals surface area contributed by atoms with E-state index < -0.39 is 0 Å². The molecule has 0 aliphatic rings. The summed E-state index contributed by atoms with van der Waals surface area (Å²) >= 11 is 11.9. The maximum atomic E-state index is 12.4. The number of carbonyl (C=O) groups excluding carboxylic acids is 1. The molecular weight excluding hydrogens is 371 g/mol. The van der Waals surface area contributed by atoms with Gasteiger partial charge in [-0.15, -0.1) is 0 Å². The smallest absolute Gasteiger partial charge is 0.258 e. The molecule has 1 aromatic heterocycles. The predicted octanol–water partition coefficient (Wildman–Crippen LogP) is 5.40. The van der Waals surface area contributed by atoms with Crippen LogP contribution in [-0.2, 0) is 0 Å². The van der Waals surface area contributed by atoms with Gasteiger partial charge in [0.1, 0.15) is 0 Å². The number of rotatable bonds is 4. The van der Waals surface area contributed by atoms with E-state index in [1.807, 2.05) is 32.0 Å². The predicted molar refractivity (Wildman–Crippen MR) is 106 cm³/mol. The van der Waals surface area contributed by atoms with E-state index in [0.717, 1.165) is 16.8 Å². The first-order chi connectivity index (χ1) is 12.4. The van der Waals surface area contributed by atoms with Crippen molar-refractivity contribution in [3.8, 4) is 0 Å². The average Bonchev–Trinajstić information content (AvgIpc) is 2.58. The van der Waals surface area contributed by atoms with Crippen molar-refractivity contribution in [3.05, 3.63) is 75.5 Å². The fourth-order valence-corrected chi connectivity index (χ4v) is 2.86. The molecule has 26 heavy (non-hydrogen) atoms. The van der Waals surface area contributed by atoms with Crippen molar-refractivity contribution >= 4 is 46.4 Å². The van der Waals surface area contributed by atoms with Crippen LogP contribution >= 0.6 is 23.2 Å². The second-order valence-corrected chi connectivity index (χ2v) is 6.72. The molecule has 0 bridgehead atoms. The minimum absolute atomic E-state index is 0.268. The molecule has 1 amide bonds. The molecule has 0 radical (unpaired) electrons. The Labute approximate surface area is 161 Å². The number of benzene rings is 2. The lowest BCUT2D eigenvalue weighted by Gasteiger charge is -2.10.